The Kier molecular flexibility index (Phi) is 3.21. The van der Waals surface area contributed by atoms with E-state index in [4.69, 9.17) is 10.5 Å². The number of rotatable bonds is 2. The number of aromatic hydroxyl groups is 1. The van der Waals surface area contributed by atoms with Gasteiger partial charge in [0.1, 0.15) is 11.4 Å². The molecule has 3 N–H and O–H groups in total. The minimum atomic E-state index is -0.480. The molecule has 112 valence electrons. The third-order valence-corrected chi connectivity index (χ3v) is 3.62. The molecular formula is C16H15N3O3. The fraction of sp³-hybridized carbons (Fsp3) is 0.125. The predicted octanol–water partition coefficient (Wildman–Crippen LogP) is 1.99. The van der Waals surface area contributed by atoms with E-state index in [2.05, 4.69) is 4.98 Å². The van der Waals surface area contributed by atoms with E-state index in [1.807, 2.05) is 0 Å². The lowest BCUT2D eigenvalue weighted by molar-refractivity contribution is 0.414. The van der Waals surface area contributed by atoms with E-state index in [-0.39, 0.29) is 11.6 Å². The quantitative estimate of drug-likeness (QED) is 0.755. The highest BCUT2D eigenvalue weighted by Crippen LogP contribution is 2.32. The number of nitrogens with two attached hydrogens (primary N) is 1. The Morgan fingerprint density at radius 1 is 1.27 bits per heavy atom. The van der Waals surface area contributed by atoms with Gasteiger partial charge in [-0.15, -0.1) is 0 Å². The summed E-state index contributed by atoms with van der Waals surface area (Å²) in [6.07, 6.45) is 1.62. The molecule has 0 aliphatic carbocycles. The van der Waals surface area contributed by atoms with Crippen LogP contribution in [0.25, 0.3) is 16.5 Å². The van der Waals surface area contributed by atoms with Crippen LogP contribution in [0.1, 0.15) is 5.69 Å². The molecule has 0 amide bonds. The van der Waals surface area contributed by atoms with E-state index in [0.29, 0.717) is 27.9 Å². The van der Waals surface area contributed by atoms with Gasteiger partial charge in [0, 0.05) is 17.0 Å². The van der Waals surface area contributed by atoms with Gasteiger partial charge in [-0.2, -0.15) is 0 Å². The Labute approximate surface area is 126 Å². The Balaban J connectivity index is 2.46. The number of nitrogens with zero attached hydrogens (tertiary/aromatic N) is 2. The van der Waals surface area contributed by atoms with Gasteiger partial charge in [0.2, 0.25) is 5.88 Å². The highest BCUT2D eigenvalue weighted by atomic mass is 16.5. The van der Waals surface area contributed by atoms with E-state index in [9.17, 15) is 9.90 Å². The maximum absolute atomic E-state index is 12.5. The summed E-state index contributed by atoms with van der Waals surface area (Å²) in [6, 6.07) is 8.39. The molecule has 22 heavy (non-hydrogen) atoms. The molecule has 3 rings (SSSR count). The smallest absolute Gasteiger partial charge is 0.281 e. The van der Waals surface area contributed by atoms with Crippen LogP contribution < -0.4 is 16.0 Å². The van der Waals surface area contributed by atoms with Crippen LogP contribution in [-0.4, -0.2) is 21.8 Å². The molecule has 0 aliphatic rings. The Bertz CT molecular complexity index is 932. The number of nitrogen functional groups attached to an aromatic ring is 1. The maximum Gasteiger partial charge on any atom is 0.281 e. The number of aromatic nitrogens is 2. The van der Waals surface area contributed by atoms with Crippen molar-refractivity contribution in [1.82, 2.24) is 9.55 Å². The first-order valence-corrected chi connectivity index (χ1v) is 6.67. The first-order valence-electron chi connectivity index (χ1n) is 6.67. The second-order valence-corrected chi connectivity index (χ2v) is 4.90. The highest BCUT2D eigenvalue weighted by Gasteiger charge is 2.17. The zero-order chi connectivity index (χ0) is 15.9. The fourth-order valence-electron chi connectivity index (χ4n) is 2.46. The van der Waals surface area contributed by atoms with Gasteiger partial charge in [0.25, 0.3) is 5.56 Å². The lowest BCUT2D eigenvalue weighted by Crippen LogP contribution is -2.22. The van der Waals surface area contributed by atoms with E-state index < -0.39 is 5.56 Å². The number of fused-ring (bicyclic) bond motifs is 1. The van der Waals surface area contributed by atoms with Crippen molar-refractivity contribution in [2.75, 3.05) is 12.8 Å². The van der Waals surface area contributed by atoms with Gasteiger partial charge < -0.3 is 15.6 Å². The van der Waals surface area contributed by atoms with Crippen LogP contribution in [0.15, 0.2) is 41.3 Å². The number of methoxy groups -OCH3 is 1. The zero-order valence-electron chi connectivity index (χ0n) is 12.2. The maximum atomic E-state index is 12.5. The summed E-state index contributed by atoms with van der Waals surface area (Å²) in [6.45, 7) is 1.76. The van der Waals surface area contributed by atoms with Gasteiger partial charge in [0.15, 0.2) is 0 Å². The molecule has 0 fully saturated rings. The van der Waals surface area contributed by atoms with Gasteiger partial charge in [-0.3, -0.25) is 9.78 Å². The van der Waals surface area contributed by atoms with Crippen molar-refractivity contribution in [3.63, 3.8) is 0 Å². The topological polar surface area (TPSA) is 90.4 Å². The summed E-state index contributed by atoms with van der Waals surface area (Å²) in [5.41, 5.74) is 6.65. The van der Waals surface area contributed by atoms with Crippen LogP contribution in [0.5, 0.6) is 11.6 Å². The molecule has 0 spiro atoms. The summed E-state index contributed by atoms with van der Waals surface area (Å²) in [4.78, 5) is 16.7. The molecular weight excluding hydrogens is 282 g/mol. The highest BCUT2D eigenvalue weighted by molar-refractivity contribution is 5.96. The van der Waals surface area contributed by atoms with Crippen molar-refractivity contribution >= 4 is 16.5 Å². The van der Waals surface area contributed by atoms with Crippen LogP contribution in [0.3, 0.4) is 0 Å². The fourth-order valence-corrected chi connectivity index (χ4v) is 2.46. The molecule has 0 atom stereocenters. The number of aryl methyl sites for hydroxylation is 1. The summed E-state index contributed by atoms with van der Waals surface area (Å²) < 4.78 is 6.33. The van der Waals surface area contributed by atoms with E-state index >= 15 is 0 Å². The Morgan fingerprint density at radius 2 is 2.05 bits per heavy atom. The molecule has 0 unspecified atom stereocenters. The van der Waals surface area contributed by atoms with Gasteiger partial charge >= 0.3 is 0 Å². The molecule has 0 radical (unpaired) electrons. The first-order chi connectivity index (χ1) is 10.5. The lowest BCUT2D eigenvalue weighted by Gasteiger charge is -2.14. The standard InChI is InChI=1S/C16H15N3O3/c1-9-13(4-3-7-18-9)19-15(20)12-8-10(22-2)5-6-11(12)14(17)16(19)21/h3-8,20H,17H2,1-2H3. The van der Waals surface area contributed by atoms with Crippen molar-refractivity contribution in [2.45, 2.75) is 6.92 Å². The second kappa shape index (κ2) is 5.07. The van der Waals surface area contributed by atoms with Gasteiger partial charge in [0.05, 0.1) is 18.5 Å². The lowest BCUT2D eigenvalue weighted by atomic mass is 10.1. The molecule has 1 aromatic carbocycles. The van der Waals surface area contributed by atoms with Crippen LogP contribution >= 0.6 is 0 Å². The molecule has 0 saturated heterocycles. The first kappa shape index (κ1) is 13.9. The SMILES string of the molecule is COc1ccc2c(N)c(=O)n(-c3cccnc3C)c(O)c2c1. The molecule has 0 saturated carbocycles. The number of pyridine rings is 2. The van der Waals surface area contributed by atoms with Crippen molar-refractivity contribution in [1.29, 1.82) is 0 Å². The van der Waals surface area contributed by atoms with Crippen molar-refractivity contribution in [3.05, 3.63) is 52.6 Å². The average molecular weight is 297 g/mol. The average Bonchev–Trinajstić information content (AvgIpc) is 2.54. The van der Waals surface area contributed by atoms with Crippen LogP contribution in [0.2, 0.25) is 0 Å². The van der Waals surface area contributed by atoms with Crippen LogP contribution in [0.4, 0.5) is 5.69 Å². The van der Waals surface area contributed by atoms with Gasteiger partial charge in [-0.25, -0.2) is 4.57 Å². The summed E-state index contributed by atoms with van der Waals surface area (Å²) in [5, 5.41) is 11.5. The van der Waals surface area contributed by atoms with Crippen molar-refractivity contribution in [3.8, 4) is 17.3 Å². The Hall–Kier alpha value is -3.02. The van der Waals surface area contributed by atoms with E-state index in [1.54, 1.807) is 43.5 Å². The largest absolute Gasteiger partial charge is 0.497 e. The summed E-state index contributed by atoms with van der Waals surface area (Å²) >= 11 is 0. The minimum Gasteiger partial charge on any atom is -0.497 e. The number of hydrogen-bond donors (Lipinski definition) is 2. The van der Waals surface area contributed by atoms with Crippen molar-refractivity contribution in [2.24, 2.45) is 0 Å². The summed E-state index contributed by atoms with van der Waals surface area (Å²) in [5.74, 6) is 0.375. The normalized spacial score (nSPS) is 10.8. The number of hydrogen-bond acceptors (Lipinski definition) is 5. The third-order valence-electron chi connectivity index (χ3n) is 3.62. The molecule has 6 nitrogen and oxygen atoms in total. The summed E-state index contributed by atoms with van der Waals surface area (Å²) in [7, 11) is 1.53. The van der Waals surface area contributed by atoms with Gasteiger partial charge in [-0.1, -0.05) is 0 Å². The van der Waals surface area contributed by atoms with E-state index in [1.165, 1.54) is 11.7 Å². The monoisotopic (exact) mass is 297 g/mol. The third kappa shape index (κ3) is 1.96. The molecule has 3 aromatic rings. The molecule has 6 heteroatoms. The number of benzene rings is 1. The zero-order valence-corrected chi connectivity index (χ0v) is 12.2. The minimum absolute atomic E-state index is 0.0682. The van der Waals surface area contributed by atoms with Crippen molar-refractivity contribution < 1.29 is 9.84 Å². The molecule has 2 heterocycles. The van der Waals surface area contributed by atoms with E-state index in [0.717, 1.165) is 0 Å². The molecule has 2 aromatic heterocycles. The predicted molar refractivity (Wildman–Crippen MR) is 84.7 cm³/mol. The number of anilines is 1. The van der Waals surface area contributed by atoms with Gasteiger partial charge in [-0.05, 0) is 37.3 Å². The Morgan fingerprint density at radius 3 is 2.73 bits per heavy atom. The van der Waals surface area contributed by atoms with Crippen LogP contribution in [-0.2, 0) is 0 Å². The second-order valence-electron chi connectivity index (χ2n) is 4.90. The molecule has 0 bridgehead atoms. The number of ether oxygens (including phenoxy) is 1. The van der Waals surface area contributed by atoms with Crippen LogP contribution in [0, 0.1) is 6.92 Å². The molecule has 0 aliphatic heterocycles.